The molecular weight excluding hydrogens is 276 g/mol. The van der Waals surface area contributed by atoms with Crippen molar-refractivity contribution in [3.05, 3.63) is 47.8 Å². The number of benzene rings is 1. The van der Waals surface area contributed by atoms with E-state index in [0.717, 1.165) is 40.8 Å². The number of nitrogens with one attached hydrogen (secondary N) is 1. The molecule has 1 aromatic carbocycles. The van der Waals surface area contributed by atoms with Gasteiger partial charge in [0, 0.05) is 23.6 Å². The number of nitrogens with zero attached hydrogens (tertiary/aromatic N) is 1. The highest BCUT2D eigenvalue weighted by molar-refractivity contribution is 6.03. The first-order chi connectivity index (χ1) is 10.6. The first kappa shape index (κ1) is 13.5. The maximum Gasteiger partial charge on any atom is 0.231 e. The molecular formula is C18H18N2O2. The standard InChI is InChI=1S/C18H18N2O2/c1-10-14-8-12(4-5-16(14)20-18(10)22)15-9-19-7-6-13(15)17(21)11-2-3-11/h4-11,17,21H,2-3H2,1H3,(H,20,22). The average molecular weight is 294 g/mol. The lowest BCUT2D eigenvalue weighted by Crippen LogP contribution is -2.08. The second kappa shape index (κ2) is 4.92. The lowest BCUT2D eigenvalue weighted by Gasteiger charge is -2.15. The number of anilines is 1. The zero-order chi connectivity index (χ0) is 15.3. The number of pyridine rings is 1. The van der Waals surface area contributed by atoms with Crippen molar-refractivity contribution in [3.8, 4) is 11.1 Å². The van der Waals surface area contributed by atoms with Crippen LogP contribution in [0.15, 0.2) is 36.7 Å². The summed E-state index contributed by atoms with van der Waals surface area (Å²) in [5.74, 6) is 0.276. The van der Waals surface area contributed by atoms with Crippen LogP contribution in [0.2, 0.25) is 0 Å². The molecule has 0 bridgehead atoms. The van der Waals surface area contributed by atoms with Crippen LogP contribution in [-0.2, 0) is 4.79 Å². The number of carbonyl (C=O) groups excluding carboxylic acids is 1. The van der Waals surface area contributed by atoms with Crippen molar-refractivity contribution in [2.75, 3.05) is 5.32 Å². The Morgan fingerprint density at radius 2 is 2.14 bits per heavy atom. The number of carbonyl (C=O) groups is 1. The van der Waals surface area contributed by atoms with E-state index in [9.17, 15) is 9.90 Å². The molecule has 2 N–H and O–H groups in total. The molecule has 4 heteroatoms. The summed E-state index contributed by atoms with van der Waals surface area (Å²) in [6.45, 7) is 1.91. The molecule has 2 heterocycles. The summed E-state index contributed by atoms with van der Waals surface area (Å²) < 4.78 is 0. The molecule has 1 aromatic heterocycles. The molecule has 0 saturated heterocycles. The van der Waals surface area contributed by atoms with Gasteiger partial charge in [-0.05, 0) is 60.6 Å². The summed E-state index contributed by atoms with van der Waals surface area (Å²) in [5.41, 5.74) is 4.79. The molecule has 1 aliphatic carbocycles. The van der Waals surface area contributed by atoms with E-state index in [2.05, 4.69) is 10.3 Å². The quantitative estimate of drug-likeness (QED) is 0.913. The van der Waals surface area contributed by atoms with Gasteiger partial charge in [-0.2, -0.15) is 0 Å². The van der Waals surface area contributed by atoms with Crippen LogP contribution in [0.3, 0.4) is 0 Å². The predicted molar refractivity (Wildman–Crippen MR) is 84.4 cm³/mol. The van der Waals surface area contributed by atoms with Crippen molar-refractivity contribution in [2.24, 2.45) is 5.92 Å². The van der Waals surface area contributed by atoms with Gasteiger partial charge in [0.25, 0.3) is 0 Å². The van der Waals surface area contributed by atoms with E-state index in [1.165, 1.54) is 0 Å². The third-order valence-corrected chi connectivity index (χ3v) is 4.72. The average Bonchev–Trinajstić information content (AvgIpc) is 3.35. The largest absolute Gasteiger partial charge is 0.388 e. The Morgan fingerprint density at radius 3 is 2.91 bits per heavy atom. The van der Waals surface area contributed by atoms with E-state index >= 15 is 0 Å². The Morgan fingerprint density at radius 1 is 1.32 bits per heavy atom. The Bertz CT molecular complexity index is 753. The van der Waals surface area contributed by atoms with Crippen molar-refractivity contribution < 1.29 is 9.90 Å². The van der Waals surface area contributed by atoms with Crippen LogP contribution in [0.1, 0.15) is 42.9 Å². The SMILES string of the molecule is CC1C(=O)Nc2ccc(-c3cnccc3C(O)C3CC3)cc21. The third-order valence-electron chi connectivity index (χ3n) is 4.72. The van der Waals surface area contributed by atoms with E-state index in [0.29, 0.717) is 5.92 Å². The minimum absolute atomic E-state index is 0.0385. The maximum absolute atomic E-state index is 11.8. The summed E-state index contributed by atoms with van der Waals surface area (Å²) in [6, 6.07) is 7.86. The lowest BCUT2D eigenvalue weighted by molar-refractivity contribution is -0.116. The highest BCUT2D eigenvalue weighted by Gasteiger charge is 2.32. The number of amides is 1. The second-order valence-corrected chi connectivity index (χ2v) is 6.26. The molecule has 1 aliphatic heterocycles. The summed E-state index contributed by atoms with van der Waals surface area (Å²) in [7, 11) is 0. The van der Waals surface area contributed by atoms with Crippen molar-refractivity contribution in [2.45, 2.75) is 31.8 Å². The molecule has 2 aliphatic rings. The fourth-order valence-electron chi connectivity index (χ4n) is 3.15. The topological polar surface area (TPSA) is 62.2 Å². The van der Waals surface area contributed by atoms with Crippen LogP contribution in [0, 0.1) is 5.92 Å². The van der Waals surface area contributed by atoms with Gasteiger partial charge in [-0.3, -0.25) is 9.78 Å². The van der Waals surface area contributed by atoms with Gasteiger partial charge < -0.3 is 10.4 Å². The van der Waals surface area contributed by atoms with Crippen LogP contribution in [0.4, 0.5) is 5.69 Å². The molecule has 0 spiro atoms. The van der Waals surface area contributed by atoms with Gasteiger partial charge in [-0.1, -0.05) is 6.07 Å². The summed E-state index contributed by atoms with van der Waals surface area (Å²) in [6.07, 6.45) is 5.28. The Labute approximate surface area is 129 Å². The van der Waals surface area contributed by atoms with Crippen LogP contribution in [0.5, 0.6) is 0 Å². The van der Waals surface area contributed by atoms with Crippen LogP contribution in [0.25, 0.3) is 11.1 Å². The highest BCUT2D eigenvalue weighted by Crippen LogP contribution is 2.44. The number of hydrogen-bond donors (Lipinski definition) is 2. The van der Waals surface area contributed by atoms with Crippen LogP contribution < -0.4 is 5.32 Å². The minimum Gasteiger partial charge on any atom is -0.388 e. The van der Waals surface area contributed by atoms with Crippen molar-refractivity contribution in [3.63, 3.8) is 0 Å². The van der Waals surface area contributed by atoms with Gasteiger partial charge in [0.2, 0.25) is 5.91 Å². The minimum atomic E-state index is -0.427. The van der Waals surface area contributed by atoms with Gasteiger partial charge >= 0.3 is 0 Å². The van der Waals surface area contributed by atoms with Gasteiger partial charge in [-0.25, -0.2) is 0 Å². The van der Waals surface area contributed by atoms with E-state index < -0.39 is 6.10 Å². The van der Waals surface area contributed by atoms with Crippen LogP contribution >= 0.6 is 0 Å². The Balaban J connectivity index is 1.79. The number of fused-ring (bicyclic) bond motifs is 1. The van der Waals surface area contributed by atoms with Gasteiger partial charge in [-0.15, -0.1) is 0 Å². The monoisotopic (exact) mass is 294 g/mol. The number of hydrogen-bond acceptors (Lipinski definition) is 3. The Hall–Kier alpha value is -2.20. The fraction of sp³-hybridized carbons (Fsp3) is 0.333. The van der Waals surface area contributed by atoms with E-state index in [1.807, 2.05) is 31.2 Å². The number of rotatable bonds is 3. The smallest absolute Gasteiger partial charge is 0.231 e. The summed E-state index contributed by atoms with van der Waals surface area (Å²) in [5, 5.41) is 13.4. The molecule has 1 fully saturated rings. The molecule has 112 valence electrons. The fourth-order valence-corrected chi connectivity index (χ4v) is 3.15. The van der Waals surface area contributed by atoms with Crippen LogP contribution in [-0.4, -0.2) is 16.0 Å². The maximum atomic E-state index is 11.8. The highest BCUT2D eigenvalue weighted by atomic mass is 16.3. The van der Waals surface area contributed by atoms with Gasteiger partial charge in [0.1, 0.15) is 0 Å². The number of aliphatic hydroxyl groups is 1. The molecule has 1 saturated carbocycles. The first-order valence-electron chi connectivity index (χ1n) is 7.72. The zero-order valence-electron chi connectivity index (χ0n) is 12.4. The van der Waals surface area contributed by atoms with E-state index in [4.69, 9.17) is 0 Å². The lowest BCUT2D eigenvalue weighted by atomic mass is 9.93. The normalized spacial score (nSPS) is 21.4. The molecule has 1 amide bonds. The molecule has 22 heavy (non-hydrogen) atoms. The van der Waals surface area contributed by atoms with Gasteiger partial charge in [0.15, 0.2) is 0 Å². The number of aromatic nitrogens is 1. The van der Waals surface area contributed by atoms with Gasteiger partial charge in [0.05, 0.1) is 12.0 Å². The molecule has 4 rings (SSSR count). The molecule has 2 unspecified atom stereocenters. The predicted octanol–water partition coefficient (Wildman–Crippen LogP) is 3.25. The third kappa shape index (κ3) is 2.11. The molecule has 2 aromatic rings. The van der Waals surface area contributed by atoms with Crippen molar-refractivity contribution >= 4 is 11.6 Å². The summed E-state index contributed by atoms with van der Waals surface area (Å²) >= 11 is 0. The first-order valence-corrected chi connectivity index (χ1v) is 7.72. The molecule has 0 radical (unpaired) electrons. The second-order valence-electron chi connectivity index (χ2n) is 6.26. The van der Waals surface area contributed by atoms with E-state index in [1.54, 1.807) is 12.4 Å². The van der Waals surface area contributed by atoms with E-state index in [-0.39, 0.29) is 11.8 Å². The van der Waals surface area contributed by atoms with Crippen molar-refractivity contribution in [1.82, 2.24) is 4.98 Å². The Kier molecular flexibility index (Phi) is 3.01. The zero-order valence-corrected chi connectivity index (χ0v) is 12.4. The molecule has 2 atom stereocenters. The molecule has 4 nitrogen and oxygen atoms in total. The van der Waals surface area contributed by atoms with Crippen molar-refractivity contribution in [1.29, 1.82) is 0 Å². The number of aliphatic hydroxyl groups excluding tert-OH is 1. The summed E-state index contributed by atoms with van der Waals surface area (Å²) in [4.78, 5) is 16.0.